The fourth-order valence-electron chi connectivity index (χ4n) is 2.04. The Bertz CT molecular complexity index is 520. The maximum Gasteiger partial charge on any atom is 0.326 e. The van der Waals surface area contributed by atoms with Gasteiger partial charge < -0.3 is 10.4 Å². The van der Waals surface area contributed by atoms with Crippen molar-refractivity contribution in [3.8, 4) is 0 Å². The number of nitrogens with one attached hydrogen (secondary N) is 1. The predicted molar refractivity (Wildman–Crippen MR) is 77.0 cm³/mol. The summed E-state index contributed by atoms with van der Waals surface area (Å²) in [6, 6.07) is -0.865. The van der Waals surface area contributed by atoms with E-state index in [0.29, 0.717) is 10.6 Å². The molecule has 6 heteroatoms. The first-order valence-corrected chi connectivity index (χ1v) is 7.70. The lowest BCUT2D eigenvalue weighted by atomic mass is 10.0. The number of carboxylic acids is 1. The van der Waals surface area contributed by atoms with Gasteiger partial charge >= 0.3 is 5.97 Å². The number of aliphatic carboxylic acids is 1. The average molecular weight is 296 g/mol. The zero-order valence-corrected chi connectivity index (χ0v) is 12.8. The van der Waals surface area contributed by atoms with Gasteiger partial charge in [-0.25, -0.2) is 9.78 Å². The van der Waals surface area contributed by atoms with Gasteiger partial charge in [0.25, 0.3) is 5.91 Å². The highest BCUT2D eigenvalue weighted by atomic mass is 32.1. The number of hydrogen-bond acceptors (Lipinski definition) is 4. The molecule has 1 aliphatic rings. The second-order valence-electron chi connectivity index (χ2n) is 5.70. The number of carboxylic acid groups (broad SMARTS) is 1. The molecule has 5 nitrogen and oxygen atoms in total. The Kier molecular flexibility index (Phi) is 4.42. The number of thiazole rings is 1. The summed E-state index contributed by atoms with van der Waals surface area (Å²) in [6.07, 6.45) is 3.43. The summed E-state index contributed by atoms with van der Waals surface area (Å²) in [4.78, 5) is 28.3. The number of amides is 1. The molecular weight excluding hydrogens is 276 g/mol. The molecule has 1 fully saturated rings. The highest BCUT2D eigenvalue weighted by Gasteiger charge is 2.27. The van der Waals surface area contributed by atoms with Crippen molar-refractivity contribution in [1.29, 1.82) is 0 Å². The SMILES string of the molecule is Cc1nc(CC2CC2)sc1C(=O)N[C@H](C(=O)O)C(C)C. The van der Waals surface area contributed by atoms with E-state index in [9.17, 15) is 9.59 Å². The first kappa shape index (κ1) is 15.0. The highest BCUT2D eigenvalue weighted by molar-refractivity contribution is 7.13. The lowest BCUT2D eigenvalue weighted by Crippen LogP contribution is -2.44. The molecule has 2 rings (SSSR count). The summed E-state index contributed by atoms with van der Waals surface area (Å²) in [5.74, 6) is -0.772. The molecule has 1 saturated carbocycles. The van der Waals surface area contributed by atoms with Crippen molar-refractivity contribution in [2.75, 3.05) is 0 Å². The third kappa shape index (κ3) is 3.56. The maximum atomic E-state index is 12.2. The van der Waals surface area contributed by atoms with Crippen LogP contribution in [0.2, 0.25) is 0 Å². The van der Waals surface area contributed by atoms with Crippen LogP contribution in [0, 0.1) is 18.8 Å². The van der Waals surface area contributed by atoms with Crippen molar-refractivity contribution in [3.05, 3.63) is 15.6 Å². The number of aryl methyl sites for hydroxylation is 1. The Balaban J connectivity index is 2.07. The van der Waals surface area contributed by atoms with Crippen LogP contribution in [0.3, 0.4) is 0 Å². The summed E-state index contributed by atoms with van der Waals surface area (Å²) in [6.45, 7) is 5.35. The first-order valence-electron chi connectivity index (χ1n) is 6.88. The van der Waals surface area contributed by atoms with Crippen LogP contribution in [-0.2, 0) is 11.2 Å². The topological polar surface area (TPSA) is 79.3 Å². The van der Waals surface area contributed by atoms with Gasteiger partial charge in [0.15, 0.2) is 0 Å². The summed E-state index contributed by atoms with van der Waals surface area (Å²) >= 11 is 1.39. The largest absolute Gasteiger partial charge is 0.480 e. The van der Waals surface area contributed by atoms with Gasteiger partial charge in [-0.2, -0.15) is 0 Å². The Morgan fingerprint density at radius 3 is 2.60 bits per heavy atom. The molecule has 0 aromatic carbocycles. The molecule has 1 atom stereocenters. The number of nitrogens with zero attached hydrogens (tertiary/aromatic N) is 1. The molecule has 1 aliphatic carbocycles. The third-order valence-corrected chi connectivity index (χ3v) is 4.61. The predicted octanol–water partition coefficient (Wildman–Crippen LogP) is 2.24. The van der Waals surface area contributed by atoms with E-state index < -0.39 is 12.0 Å². The van der Waals surface area contributed by atoms with Crippen LogP contribution in [0.15, 0.2) is 0 Å². The van der Waals surface area contributed by atoms with Crippen molar-refractivity contribution < 1.29 is 14.7 Å². The van der Waals surface area contributed by atoms with Gasteiger partial charge in [-0.3, -0.25) is 4.79 Å². The Hall–Kier alpha value is -1.43. The van der Waals surface area contributed by atoms with Gasteiger partial charge in [-0.05, 0) is 31.6 Å². The van der Waals surface area contributed by atoms with Crippen molar-refractivity contribution in [2.45, 2.75) is 46.1 Å². The number of rotatable bonds is 6. The summed E-state index contributed by atoms with van der Waals surface area (Å²) in [5.41, 5.74) is 0.691. The van der Waals surface area contributed by atoms with Crippen LogP contribution in [0.4, 0.5) is 0 Å². The monoisotopic (exact) mass is 296 g/mol. The van der Waals surface area contributed by atoms with Gasteiger partial charge in [0, 0.05) is 6.42 Å². The standard InChI is InChI=1S/C14H20N2O3S/c1-7(2)11(14(18)19)16-13(17)12-8(3)15-10(20-12)6-9-4-5-9/h7,9,11H,4-6H2,1-3H3,(H,16,17)(H,18,19)/t11-/m0/s1. The van der Waals surface area contributed by atoms with Crippen LogP contribution in [0.25, 0.3) is 0 Å². The molecule has 0 aliphatic heterocycles. The fraction of sp³-hybridized carbons (Fsp3) is 0.643. The molecule has 0 radical (unpaired) electrons. The van der Waals surface area contributed by atoms with Gasteiger partial charge in [0.2, 0.25) is 0 Å². The number of carbonyl (C=O) groups is 2. The van der Waals surface area contributed by atoms with Crippen molar-refractivity contribution in [3.63, 3.8) is 0 Å². The molecule has 1 heterocycles. The number of carbonyl (C=O) groups excluding carboxylic acids is 1. The highest BCUT2D eigenvalue weighted by Crippen LogP contribution is 2.34. The molecule has 1 aromatic heterocycles. The van der Waals surface area contributed by atoms with E-state index in [0.717, 1.165) is 17.3 Å². The summed E-state index contributed by atoms with van der Waals surface area (Å²) in [7, 11) is 0. The van der Waals surface area contributed by atoms with Crippen molar-refractivity contribution in [2.24, 2.45) is 11.8 Å². The molecule has 110 valence electrons. The normalized spacial score (nSPS) is 16.2. The Morgan fingerprint density at radius 1 is 1.45 bits per heavy atom. The van der Waals surface area contributed by atoms with E-state index in [1.807, 2.05) is 0 Å². The minimum Gasteiger partial charge on any atom is -0.480 e. The summed E-state index contributed by atoms with van der Waals surface area (Å²) < 4.78 is 0. The van der Waals surface area contributed by atoms with E-state index in [2.05, 4.69) is 10.3 Å². The lowest BCUT2D eigenvalue weighted by Gasteiger charge is -2.17. The van der Waals surface area contributed by atoms with Crippen LogP contribution < -0.4 is 5.32 Å². The smallest absolute Gasteiger partial charge is 0.326 e. The molecule has 20 heavy (non-hydrogen) atoms. The molecule has 1 amide bonds. The van der Waals surface area contributed by atoms with Gasteiger partial charge in [-0.1, -0.05) is 13.8 Å². The molecule has 0 saturated heterocycles. The Labute approximate surface area is 122 Å². The summed E-state index contributed by atoms with van der Waals surface area (Å²) in [5, 5.41) is 12.7. The second kappa shape index (κ2) is 5.91. The average Bonchev–Trinajstić information content (AvgIpc) is 3.07. The minimum atomic E-state index is -1.01. The van der Waals surface area contributed by atoms with E-state index in [-0.39, 0.29) is 11.8 Å². The fourth-order valence-corrected chi connectivity index (χ4v) is 3.12. The van der Waals surface area contributed by atoms with Gasteiger partial charge in [0.1, 0.15) is 10.9 Å². The van der Waals surface area contributed by atoms with E-state index in [4.69, 9.17) is 5.11 Å². The third-order valence-electron chi connectivity index (χ3n) is 3.43. The molecular formula is C14H20N2O3S. The van der Waals surface area contributed by atoms with Crippen molar-refractivity contribution in [1.82, 2.24) is 10.3 Å². The molecule has 2 N–H and O–H groups in total. The molecule has 0 bridgehead atoms. The number of aromatic nitrogens is 1. The molecule has 0 unspecified atom stereocenters. The molecule has 1 aromatic rings. The van der Waals surface area contributed by atoms with E-state index in [1.54, 1.807) is 20.8 Å². The molecule has 0 spiro atoms. The van der Waals surface area contributed by atoms with Gasteiger partial charge in [0.05, 0.1) is 10.7 Å². The van der Waals surface area contributed by atoms with Crippen LogP contribution >= 0.6 is 11.3 Å². The van der Waals surface area contributed by atoms with Crippen LogP contribution in [-0.4, -0.2) is 28.0 Å². The van der Waals surface area contributed by atoms with Crippen LogP contribution in [0.1, 0.15) is 47.1 Å². The van der Waals surface area contributed by atoms with Crippen molar-refractivity contribution >= 4 is 23.2 Å². The quantitative estimate of drug-likeness (QED) is 0.844. The minimum absolute atomic E-state index is 0.157. The first-order chi connectivity index (χ1) is 9.38. The number of hydrogen-bond donors (Lipinski definition) is 2. The van der Waals surface area contributed by atoms with E-state index >= 15 is 0 Å². The Morgan fingerprint density at radius 2 is 2.10 bits per heavy atom. The zero-order valence-electron chi connectivity index (χ0n) is 12.0. The second-order valence-corrected chi connectivity index (χ2v) is 6.79. The maximum absolute atomic E-state index is 12.2. The van der Waals surface area contributed by atoms with E-state index in [1.165, 1.54) is 24.2 Å². The van der Waals surface area contributed by atoms with Crippen LogP contribution in [0.5, 0.6) is 0 Å². The van der Waals surface area contributed by atoms with Gasteiger partial charge in [-0.15, -0.1) is 11.3 Å². The zero-order chi connectivity index (χ0) is 14.9. The lowest BCUT2D eigenvalue weighted by molar-refractivity contribution is -0.140.